The maximum Gasteiger partial charge on any atom is 0.416 e. The van der Waals surface area contributed by atoms with Crippen molar-refractivity contribution in [3.63, 3.8) is 0 Å². The molecular weight excluding hydrogens is 332 g/mol. The third kappa shape index (κ3) is 4.50. The molecule has 0 aromatic heterocycles. The summed E-state index contributed by atoms with van der Waals surface area (Å²) in [5.74, 6) is 0. The van der Waals surface area contributed by atoms with Crippen LogP contribution < -0.4 is 5.32 Å². The SMILES string of the molecule is C[C@@H](N[C@H](c1ccc(C(F)(F)F)cc1)C(F)(F)F)c1ccccc1. The smallest absolute Gasteiger partial charge is 0.296 e. The third-order valence-electron chi connectivity index (χ3n) is 3.61. The molecule has 0 radical (unpaired) electrons. The van der Waals surface area contributed by atoms with Gasteiger partial charge in [-0.1, -0.05) is 42.5 Å². The average molecular weight is 347 g/mol. The summed E-state index contributed by atoms with van der Waals surface area (Å²) < 4.78 is 77.6. The Morgan fingerprint density at radius 1 is 0.750 bits per heavy atom. The molecule has 2 atom stereocenters. The fourth-order valence-electron chi connectivity index (χ4n) is 2.33. The Bertz CT molecular complexity index is 646. The van der Waals surface area contributed by atoms with Crippen molar-refractivity contribution in [1.29, 1.82) is 0 Å². The number of benzene rings is 2. The fourth-order valence-corrected chi connectivity index (χ4v) is 2.33. The Balaban J connectivity index is 2.26. The third-order valence-corrected chi connectivity index (χ3v) is 3.61. The maximum absolute atomic E-state index is 13.3. The van der Waals surface area contributed by atoms with Crippen LogP contribution in [0.2, 0.25) is 0 Å². The highest BCUT2D eigenvalue weighted by molar-refractivity contribution is 5.28. The zero-order valence-corrected chi connectivity index (χ0v) is 12.6. The molecule has 0 aliphatic rings. The lowest BCUT2D eigenvalue weighted by Gasteiger charge is -2.26. The Morgan fingerprint density at radius 2 is 1.29 bits per heavy atom. The van der Waals surface area contributed by atoms with Gasteiger partial charge in [0.15, 0.2) is 0 Å². The largest absolute Gasteiger partial charge is 0.416 e. The summed E-state index contributed by atoms with van der Waals surface area (Å²) in [5.41, 5.74) is -0.597. The van der Waals surface area contributed by atoms with E-state index in [0.29, 0.717) is 17.7 Å². The van der Waals surface area contributed by atoms with Crippen LogP contribution in [0, 0.1) is 0 Å². The van der Waals surface area contributed by atoms with Gasteiger partial charge < -0.3 is 0 Å². The molecule has 0 aliphatic carbocycles. The van der Waals surface area contributed by atoms with Gasteiger partial charge in [-0.25, -0.2) is 0 Å². The molecule has 0 heterocycles. The van der Waals surface area contributed by atoms with E-state index in [-0.39, 0.29) is 5.56 Å². The molecule has 24 heavy (non-hydrogen) atoms. The van der Waals surface area contributed by atoms with Gasteiger partial charge in [-0.15, -0.1) is 0 Å². The highest BCUT2D eigenvalue weighted by atomic mass is 19.4. The molecule has 1 nitrogen and oxygen atoms in total. The minimum Gasteiger partial charge on any atom is -0.296 e. The van der Waals surface area contributed by atoms with E-state index < -0.39 is 30.0 Å². The first kappa shape index (κ1) is 18.3. The van der Waals surface area contributed by atoms with Crippen molar-refractivity contribution in [3.05, 3.63) is 71.3 Å². The van der Waals surface area contributed by atoms with Crippen molar-refractivity contribution in [2.24, 2.45) is 0 Å². The molecule has 0 unspecified atom stereocenters. The number of hydrogen-bond acceptors (Lipinski definition) is 1. The summed E-state index contributed by atoms with van der Waals surface area (Å²) in [4.78, 5) is 0. The second-order valence-corrected chi connectivity index (χ2v) is 5.39. The summed E-state index contributed by atoms with van der Waals surface area (Å²) >= 11 is 0. The highest BCUT2D eigenvalue weighted by Crippen LogP contribution is 2.36. The summed E-state index contributed by atoms with van der Waals surface area (Å²) in [6.45, 7) is 1.57. The average Bonchev–Trinajstić information content (AvgIpc) is 2.51. The van der Waals surface area contributed by atoms with Gasteiger partial charge in [0.05, 0.1) is 5.56 Å². The van der Waals surface area contributed by atoms with E-state index in [1.54, 1.807) is 37.3 Å². The monoisotopic (exact) mass is 347 g/mol. The van der Waals surface area contributed by atoms with Crippen LogP contribution in [0.15, 0.2) is 54.6 Å². The predicted octanol–water partition coefficient (Wildman–Crippen LogP) is 5.66. The Labute approximate surface area is 135 Å². The van der Waals surface area contributed by atoms with Crippen LogP contribution in [-0.4, -0.2) is 6.18 Å². The molecule has 7 heteroatoms. The van der Waals surface area contributed by atoms with E-state index in [9.17, 15) is 26.3 Å². The topological polar surface area (TPSA) is 12.0 Å². The van der Waals surface area contributed by atoms with Crippen molar-refractivity contribution in [3.8, 4) is 0 Å². The summed E-state index contributed by atoms with van der Waals surface area (Å²) in [5, 5.41) is 2.44. The molecule has 0 spiro atoms. The quantitative estimate of drug-likeness (QED) is 0.704. The minimum atomic E-state index is -4.64. The molecule has 130 valence electrons. The molecule has 0 aliphatic heterocycles. The fraction of sp³-hybridized carbons (Fsp3) is 0.294. The van der Waals surface area contributed by atoms with Crippen LogP contribution in [0.1, 0.15) is 35.7 Å². The number of nitrogens with one attached hydrogen (secondary N) is 1. The van der Waals surface area contributed by atoms with Crippen LogP contribution >= 0.6 is 0 Å². The molecular formula is C17H15F6N. The maximum atomic E-state index is 13.3. The zero-order chi connectivity index (χ0) is 18.0. The van der Waals surface area contributed by atoms with Crippen molar-refractivity contribution in [1.82, 2.24) is 5.32 Å². The highest BCUT2D eigenvalue weighted by Gasteiger charge is 2.42. The number of rotatable bonds is 4. The van der Waals surface area contributed by atoms with Crippen LogP contribution in [-0.2, 0) is 6.18 Å². The Morgan fingerprint density at radius 3 is 1.75 bits per heavy atom. The van der Waals surface area contributed by atoms with Gasteiger partial charge >= 0.3 is 12.4 Å². The molecule has 2 aromatic rings. The summed E-state index contributed by atoms with van der Waals surface area (Å²) in [6, 6.07) is 8.84. The van der Waals surface area contributed by atoms with Gasteiger partial charge in [-0.3, -0.25) is 5.32 Å². The lowest BCUT2D eigenvalue weighted by molar-refractivity contribution is -0.159. The molecule has 1 N–H and O–H groups in total. The molecule has 2 rings (SSSR count). The number of hydrogen-bond donors (Lipinski definition) is 1. The summed E-state index contributed by atoms with van der Waals surface area (Å²) in [6.07, 6.45) is -9.22. The van der Waals surface area contributed by atoms with E-state index >= 15 is 0 Å². The van der Waals surface area contributed by atoms with E-state index in [1.807, 2.05) is 0 Å². The van der Waals surface area contributed by atoms with Crippen molar-refractivity contribution in [2.75, 3.05) is 0 Å². The first-order valence-corrected chi connectivity index (χ1v) is 7.14. The second kappa shape index (κ2) is 6.84. The first-order chi connectivity index (χ1) is 11.1. The van der Waals surface area contributed by atoms with Crippen LogP contribution in [0.5, 0.6) is 0 Å². The lowest BCUT2D eigenvalue weighted by atomic mass is 10.0. The zero-order valence-electron chi connectivity index (χ0n) is 12.6. The molecule has 0 saturated carbocycles. The van der Waals surface area contributed by atoms with Gasteiger partial charge in [-0.05, 0) is 30.2 Å². The van der Waals surface area contributed by atoms with Gasteiger partial charge in [0, 0.05) is 6.04 Å². The van der Waals surface area contributed by atoms with Crippen molar-refractivity contribution >= 4 is 0 Å². The molecule has 0 bridgehead atoms. The van der Waals surface area contributed by atoms with E-state index in [0.717, 1.165) is 12.1 Å². The molecule has 0 amide bonds. The van der Waals surface area contributed by atoms with Crippen molar-refractivity contribution < 1.29 is 26.3 Å². The molecule has 2 aromatic carbocycles. The van der Waals surface area contributed by atoms with E-state index in [4.69, 9.17) is 0 Å². The van der Waals surface area contributed by atoms with Gasteiger partial charge in [0.1, 0.15) is 6.04 Å². The van der Waals surface area contributed by atoms with Gasteiger partial charge in [0.25, 0.3) is 0 Å². The van der Waals surface area contributed by atoms with Crippen LogP contribution in [0.25, 0.3) is 0 Å². The van der Waals surface area contributed by atoms with Gasteiger partial charge in [0.2, 0.25) is 0 Å². The second-order valence-electron chi connectivity index (χ2n) is 5.39. The normalized spacial score (nSPS) is 15.1. The minimum absolute atomic E-state index is 0.265. The van der Waals surface area contributed by atoms with Gasteiger partial charge in [-0.2, -0.15) is 26.3 Å². The van der Waals surface area contributed by atoms with E-state index in [2.05, 4.69) is 5.32 Å². The summed E-state index contributed by atoms with van der Waals surface area (Å²) in [7, 11) is 0. The van der Waals surface area contributed by atoms with Crippen molar-refractivity contribution in [2.45, 2.75) is 31.4 Å². The van der Waals surface area contributed by atoms with Crippen LogP contribution in [0.4, 0.5) is 26.3 Å². The lowest BCUT2D eigenvalue weighted by Crippen LogP contribution is -2.35. The Hall–Kier alpha value is -2.02. The molecule has 0 fully saturated rings. The standard InChI is InChI=1S/C17H15F6N/c1-11(12-5-3-2-4-6-12)24-15(17(21,22)23)13-7-9-14(10-8-13)16(18,19)20/h2-11,15,24H,1H3/t11-,15-/m1/s1. The number of alkyl halides is 6. The number of halogens is 6. The first-order valence-electron chi connectivity index (χ1n) is 7.14. The Kier molecular flexibility index (Phi) is 5.22. The van der Waals surface area contributed by atoms with E-state index in [1.165, 1.54) is 0 Å². The van der Waals surface area contributed by atoms with Crippen LogP contribution in [0.3, 0.4) is 0 Å². The predicted molar refractivity (Wildman–Crippen MR) is 78.2 cm³/mol. The molecule has 0 saturated heterocycles.